The molecule has 1 fully saturated rings. The second-order valence-electron chi connectivity index (χ2n) is 8.43. The van der Waals surface area contributed by atoms with Gasteiger partial charge in [-0.1, -0.05) is 18.2 Å². The molecule has 5 nitrogen and oxygen atoms in total. The Morgan fingerprint density at radius 1 is 1.08 bits per heavy atom. The van der Waals surface area contributed by atoms with E-state index in [4.69, 9.17) is 4.74 Å². The van der Waals surface area contributed by atoms with E-state index in [-0.39, 0.29) is 18.7 Å². The molecule has 186 valence electrons. The van der Waals surface area contributed by atoms with E-state index in [1.54, 1.807) is 18.2 Å². The monoisotopic (exact) mass is 516 g/mol. The van der Waals surface area contributed by atoms with Crippen molar-refractivity contribution >= 4 is 29.3 Å². The summed E-state index contributed by atoms with van der Waals surface area (Å²) in [6.07, 6.45) is -4.46. The third-order valence-electron chi connectivity index (χ3n) is 6.34. The largest absolute Gasteiger partial charge is 0.497 e. The van der Waals surface area contributed by atoms with Gasteiger partial charge in [0.2, 0.25) is 0 Å². The normalized spacial score (nSPS) is 19.2. The second-order valence-corrected chi connectivity index (χ2v) is 9.72. The number of ether oxygens (including phenoxy) is 1. The first kappa shape index (κ1) is 24.2. The zero-order valence-electron chi connectivity index (χ0n) is 19.0. The Hall–Kier alpha value is -3.53. The van der Waals surface area contributed by atoms with Gasteiger partial charge >= 0.3 is 6.18 Å². The van der Waals surface area contributed by atoms with E-state index in [1.807, 2.05) is 0 Å². The minimum Gasteiger partial charge on any atom is -0.497 e. The van der Waals surface area contributed by atoms with Crippen molar-refractivity contribution in [3.63, 3.8) is 0 Å². The van der Waals surface area contributed by atoms with Crippen LogP contribution in [0.15, 0.2) is 66.7 Å². The number of benzene rings is 3. The van der Waals surface area contributed by atoms with E-state index in [1.165, 1.54) is 59.0 Å². The van der Waals surface area contributed by atoms with E-state index < -0.39 is 34.2 Å². The van der Waals surface area contributed by atoms with Crippen molar-refractivity contribution in [1.29, 1.82) is 0 Å². The van der Waals surface area contributed by atoms with Crippen LogP contribution < -0.4 is 9.64 Å². The van der Waals surface area contributed by atoms with Crippen LogP contribution in [-0.2, 0) is 22.4 Å². The lowest BCUT2D eigenvalue weighted by Crippen LogP contribution is -2.50. The Kier molecular flexibility index (Phi) is 5.94. The SMILES string of the molecule is COc1ccc2c(c1)[C@]1(SCCN1C(=O)c1cccc(F)c1)C(=O)N2Cc1ccc(C(F)(F)F)cc1. The van der Waals surface area contributed by atoms with Crippen molar-refractivity contribution in [2.24, 2.45) is 0 Å². The molecule has 5 rings (SSSR count). The van der Waals surface area contributed by atoms with Gasteiger partial charge in [0.15, 0.2) is 4.87 Å². The summed E-state index contributed by atoms with van der Waals surface area (Å²) in [5.41, 5.74) is 0.924. The molecule has 3 aromatic rings. The lowest BCUT2D eigenvalue weighted by molar-refractivity contribution is -0.137. The Morgan fingerprint density at radius 3 is 2.50 bits per heavy atom. The highest BCUT2D eigenvalue weighted by molar-refractivity contribution is 8.01. The highest BCUT2D eigenvalue weighted by atomic mass is 32.2. The lowest BCUT2D eigenvalue weighted by Gasteiger charge is -2.33. The minimum atomic E-state index is -4.46. The summed E-state index contributed by atoms with van der Waals surface area (Å²) in [5.74, 6) is -0.484. The van der Waals surface area contributed by atoms with E-state index in [0.717, 1.165) is 18.2 Å². The van der Waals surface area contributed by atoms with Crippen LogP contribution in [0.5, 0.6) is 5.75 Å². The molecule has 0 aliphatic carbocycles. The summed E-state index contributed by atoms with van der Waals surface area (Å²) in [4.78, 5) is 29.1. The quantitative estimate of drug-likeness (QED) is 0.434. The summed E-state index contributed by atoms with van der Waals surface area (Å²) >= 11 is 1.29. The van der Waals surface area contributed by atoms with Gasteiger partial charge in [0.1, 0.15) is 11.6 Å². The Balaban J connectivity index is 1.56. The van der Waals surface area contributed by atoms with Crippen LogP contribution in [0, 0.1) is 5.82 Å². The van der Waals surface area contributed by atoms with Gasteiger partial charge in [0.05, 0.1) is 24.9 Å². The average Bonchev–Trinajstić information content (AvgIpc) is 3.40. The third-order valence-corrected chi connectivity index (χ3v) is 7.76. The molecule has 2 amide bonds. The number of nitrogens with zero attached hydrogens (tertiary/aromatic N) is 2. The number of hydrogen-bond donors (Lipinski definition) is 0. The van der Waals surface area contributed by atoms with Crippen LogP contribution in [0.3, 0.4) is 0 Å². The first-order chi connectivity index (χ1) is 17.1. The number of fused-ring (bicyclic) bond motifs is 2. The number of thioether (sulfide) groups is 1. The smallest absolute Gasteiger partial charge is 0.416 e. The van der Waals surface area contributed by atoms with Crippen LogP contribution in [-0.4, -0.2) is 36.1 Å². The van der Waals surface area contributed by atoms with Crippen molar-refractivity contribution < 1.29 is 31.9 Å². The van der Waals surface area contributed by atoms with Crippen LogP contribution in [0.2, 0.25) is 0 Å². The predicted molar refractivity (Wildman–Crippen MR) is 127 cm³/mol. The van der Waals surface area contributed by atoms with Gasteiger partial charge in [0.25, 0.3) is 11.8 Å². The van der Waals surface area contributed by atoms with Gasteiger partial charge < -0.3 is 14.5 Å². The summed E-state index contributed by atoms with van der Waals surface area (Å²) in [5, 5.41) is 0. The van der Waals surface area contributed by atoms with Crippen molar-refractivity contribution in [3.8, 4) is 5.75 Å². The molecule has 36 heavy (non-hydrogen) atoms. The molecule has 0 aromatic heterocycles. The summed E-state index contributed by atoms with van der Waals surface area (Å²) in [6, 6.07) is 15.0. The number of rotatable bonds is 4. The van der Waals surface area contributed by atoms with Crippen LogP contribution >= 0.6 is 11.8 Å². The maximum absolute atomic E-state index is 14.0. The zero-order valence-corrected chi connectivity index (χ0v) is 19.8. The summed E-state index contributed by atoms with van der Waals surface area (Å²) in [6.45, 7) is 0.275. The van der Waals surface area contributed by atoms with E-state index >= 15 is 0 Å². The van der Waals surface area contributed by atoms with E-state index in [0.29, 0.717) is 28.3 Å². The number of anilines is 1. The molecule has 2 aliphatic rings. The molecule has 0 N–H and O–H groups in total. The van der Waals surface area contributed by atoms with Gasteiger partial charge in [-0.25, -0.2) is 4.39 Å². The Labute approximate surface area is 208 Å². The van der Waals surface area contributed by atoms with Crippen LogP contribution in [0.25, 0.3) is 0 Å². The number of carbonyl (C=O) groups excluding carboxylic acids is 2. The maximum Gasteiger partial charge on any atom is 0.416 e. The van der Waals surface area contributed by atoms with Crippen molar-refractivity contribution in [2.75, 3.05) is 24.3 Å². The third kappa shape index (κ3) is 3.89. The summed E-state index contributed by atoms with van der Waals surface area (Å²) < 4.78 is 58.2. The van der Waals surface area contributed by atoms with Crippen LogP contribution in [0.4, 0.5) is 23.2 Å². The highest BCUT2D eigenvalue weighted by Gasteiger charge is 2.59. The Morgan fingerprint density at radius 2 is 1.83 bits per heavy atom. The number of alkyl halides is 3. The molecule has 0 unspecified atom stereocenters. The minimum absolute atomic E-state index is 0.0145. The lowest BCUT2D eigenvalue weighted by atomic mass is 10.0. The molecule has 1 saturated heterocycles. The fraction of sp³-hybridized carbons (Fsp3) is 0.231. The van der Waals surface area contributed by atoms with Crippen molar-refractivity contribution in [2.45, 2.75) is 17.6 Å². The average molecular weight is 517 g/mol. The predicted octanol–water partition coefficient (Wildman–Crippen LogP) is 5.44. The molecule has 1 atom stereocenters. The maximum atomic E-state index is 14.0. The molecular weight excluding hydrogens is 496 g/mol. The standard InChI is InChI=1S/C26H20F4N2O3S/c1-35-20-9-10-22-21(14-20)25(32(11-12-36-25)23(33)17-3-2-4-19(27)13-17)24(34)31(22)15-16-5-7-18(8-6-16)26(28,29)30/h2-10,13-14H,11-12,15H2,1H3/t25-/m0/s1. The number of hydrogen-bond acceptors (Lipinski definition) is 4. The van der Waals surface area contributed by atoms with Gasteiger partial charge in [-0.15, -0.1) is 11.8 Å². The van der Waals surface area contributed by atoms with Gasteiger partial charge in [-0.2, -0.15) is 13.2 Å². The van der Waals surface area contributed by atoms with Gasteiger partial charge in [0, 0.05) is 23.4 Å². The fourth-order valence-electron chi connectivity index (χ4n) is 4.64. The molecule has 0 saturated carbocycles. The fourth-order valence-corrected chi connectivity index (χ4v) is 6.09. The number of amides is 2. The first-order valence-electron chi connectivity index (χ1n) is 11.0. The molecule has 0 radical (unpaired) electrons. The van der Waals surface area contributed by atoms with Crippen molar-refractivity contribution in [3.05, 3.63) is 94.8 Å². The Bertz CT molecular complexity index is 1350. The molecule has 1 spiro atoms. The van der Waals surface area contributed by atoms with E-state index in [9.17, 15) is 27.2 Å². The van der Waals surface area contributed by atoms with E-state index in [2.05, 4.69) is 0 Å². The van der Waals surface area contributed by atoms with Crippen molar-refractivity contribution in [1.82, 2.24) is 4.90 Å². The first-order valence-corrected chi connectivity index (χ1v) is 12.0. The molecule has 0 bridgehead atoms. The molecule has 2 heterocycles. The molecule has 3 aromatic carbocycles. The molecular formula is C26H20F4N2O3S. The molecule has 2 aliphatic heterocycles. The summed E-state index contributed by atoms with van der Waals surface area (Å²) in [7, 11) is 1.49. The number of carbonyl (C=O) groups is 2. The number of halogens is 4. The molecule has 10 heteroatoms. The number of methoxy groups -OCH3 is 1. The van der Waals surface area contributed by atoms with Crippen LogP contribution in [0.1, 0.15) is 27.0 Å². The highest BCUT2D eigenvalue weighted by Crippen LogP contribution is 2.55. The zero-order chi connectivity index (χ0) is 25.7. The van der Waals surface area contributed by atoms with Gasteiger partial charge in [-0.05, 0) is 54.1 Å². The van der Waals surface area contributed by atoms with Gasteiger partial charge in [-0.3, -0.25) is 9.59 Å². The topological polar surface area (TPSA) is 49.9 Å². The second kappa shape index (κ2) is 8.85.